The monoisotopic (exact) mass is 447 g/mol. The molecule has 3 fully saturated rings. The van der Waals surface area contributed by atoms with Gasteiger partial charge in [0.2, 0.25) is 0 Å². The van der Waals surface area contributed by atoms with Gasteiger partial charge >= 0.3 is 6.16 Å². The molecule has 4 atom stereocenters. The number of nitro benzene ring substituents is 1. The molecule has 6 heteroatoms. The van der Waals surface area contributed by atoms with Gasteiger partial charge in [-0.25, -0.2) is 4.79 Å². The van der Waals surface area contributed by atoms with Crippen molar-refractivity contribution in [3.63, 3.8) is 0 Å². The Morgan fingerprint density at radius 2 is 1.70 bits per heavy atom. The lowest BCUT2D eigenvalue weighted by Crippen LogP contribution is -2.31. The molecule has 0 N–H and O–H groups in total. The van der Waals surface area contributed by atoms with Crippen LogP contribution in [0, 0.1) is 33.3 Å². The lowest BCUT2D eigenvalue weighted by atomic mass is 9.64. The molecule has 1 spiro atoms. The summed E-state index contributed by atoms with van der Waals surface area (Å²) in [6, 6.07) is 11.4. The first-order chi connectivity index (χ1) is 16.0. The maximum absolute atomic E-state index is 12.3. The number of aryl methyl sites for hydroxylation is 1. The number of fused-ring (bicyclic) bond motifs is 7. The van der Waals surface area contributed by atoms with Crippen molar-refractivity contribution in [1.29, 1.82) is 0 Å². The molecule has 0 radical (unpaired) electrons. The lowest BCUT2D eigenvalue weighted by Gasteiger charge is -2.41. The Morgan fingerprint density at radius 1 is 0.939 bits per heavy atom. The molecule has 172 valence electrons. The van der Waals surface area contributed by atoms with E-state index in [2.05, 4.69) is 6.07 Å². The standard InChI is InChI=1S/C27H29NO5/c29-26(32-21-5-3-20(4-6-21)28(30)31)33-22-7-10-24-17(16-22)1-8-23-18-11-12-27(13-14-27)19(15-18)2-9-25(23)24/h3-7,10,16,18-19,23,25H,1-2,8-9,11-15H2/t18-,19-,23?,25?/m1/s1. The van der Waals surface area contributed by atoms with E-state index in [0.717, 1.165) is 24.2 Å². The number of hydrogen-bond acceptors (Lipinski definition) is 5. The van der Waals surface area contributed by atoms with Crippen molar-refractivity contribution >= 4 is 11.8 Å². The van der Waals surface area contributed by atoms with Crippen molar-refractivity contribution in [1.82, 2.24) is 0 Å². The van der Waals surface area contributed by atoms with Crippen LogP contribution in [0.3, 0.4) is 0 Å². The zero-order valence-electron chi connectivity index (χ0n) is 18.7. The fraction of sp³-hybridized carbons (Fsp3) is 0.519. The smallest absolute Gasteiger partial charge is 0.395 e. The van der Waals surface area contributed by atoms with Crippen molar-refractivity contribution in [2.45, 2.75) is 63.7 Å². The molecule has 0 saturated heterocycles. The highest BCUT2D eigenvalue weighted by Crippen LogP contribution is 2.65. The van der Waals surface area contributed by atoms with Gasteiger partial charge in [0.15, 0.2) is 0 Å². The Labute approximate surface area is 193 Å². The van der Waals surface area contributed by atoms with E-state index < -0.39 is 11.1 Å². The molecule has 0 aromatic heterocycles. The van der Waals surface area contributed by atoms with Gasteiger partial charge in [0.25, 0.3) is 5.69 Å². The SMILES string of the molecule is O=C(Oc1ccc([N+](=O)[O-])cc1)Oc1ccc2c(c1)CCC1C2CC[C@@H]2C[C@H]1CCC21CC1. The largest absolute Gasteiger partial charge is 0.519 e. The molecule has 0 heterocycles. The average molecular weight is 448 g/mol. The molecule has 6 rings (SSSR count). The molecular weight excluding hydrogens is 418 g/mol. The molecule has 0 amide bonds. The first-order valence-corrected chi connectivity index (χ1v) is 12.3. The third kappa shape index (κ3) is 3.79. The van der Waals surface area contributed by atoms with Crippen molar-refractivity contribution in [2.24, 2.45) is 23.2 Å². The minimum absolute atomic E-state index is 0.0570. The minimum atomic E-state index is -0.838. The molecule has 2 aromatic rings. The van der Waals surface area contributed by atoms with Gasteiger partial charge in [-0.05, 0) is 122 Å². The van der Waals surface area contributed by atoms with Gasteiger partial charge in [0.1, 0.15) is 11.5 Å². The Balaban J connectivity index is 1.15. The molecule has 2 unspecified atom stereocenters. The number of nitro groups is 1. The second-order valence-electron chi connectivity index (χ2n) is 10.5. The van der Waals surface area contributed by atoms with E-state index in [9.17, 15) is 14.9 Å². The first kappa shape index (κ1) is 20.7. The first-order valence-electron chi connectivity index (χ1n) is 12.3. The van der Waals surface area contributed by atoms with E-state index >= 15 is 0 Å². The number of benzene rings is 2. The predicted molar refractivity (Wildman–Crippen MR) is 122 cm³/mol. The van der Waals surface area contributed by atoms with E-state index in [4.69, 9.17) is 9.47 Å². The number of rotatable bonds is 3. The summed E-state index contributed by atoms with van der Waals surface area (Å²) < 4.78 is 10.6. The Morgan fingerprint density at radius 3 is 2.45 bits per heavy atom. The van der Waals surface area contributed by atoms with Crippen LogP contribution in [0.5, 0.6) is 11.5 Å². The number of ether oxygens (including phenoxy) is 2. The van der Waals surface area contributed by atoms with Crippen LogP contribution < -0.4 is 9.47 Å². The molecule has 33 heavy (non-hydrogen) atoms. The summed E-state index contributed by atoms with van der Waals surface area (Å²) in [5.74, 6) is 3.97. The molecule has 2 aromatic carbocycles. The van der Waals surface area contributed by atoms with Crippen molar-refractivity contribution < 1.29 is 19.2 Å². The van der Waals surface area contributed by atoms with Gasteiger partial charge in [0, 0.05) is 12.1 Å². The van der Waals surface area contributed by atoms with Crippen molar-refractivity contribution in [2.75, 3.05) is 0 Å². The van der Waals surface area contributed by atoms with E-state index in [1.807, 2.05) is 12.1 Å². The van der Waals surface area contributed by atoms with Crippen LogP contribution in [0.4, 0.5) is 10.5 Å². The van der Waals surface area contributed by atoms with Crippen LogP contribution in [0.2, 0.25) is 0 Å². The second kappa shape index (κ2) is 7.86. The molecule has 4 aliphatic rings. The highest BCUT2D eigenvalue weighted by atomic mass is 16.7. The molecule has 4 aliphatic carbocycles. The Hall–Kier alpha value is -2.89. The number of non-ortho nitro benzene ring substituents is 1. The van der Waals surface area contributed by atoms with Gasteiger partial charge in [-0.2, -0.15) is 0 Å². The van der Waals surface area contributed by atoms with Crippen LogP contribution in [-0.4, -0.2) is 11.1 Å². The van der Waals surface area contributed by atoms with E-state index in [1.165, 1.54) is 86.8 Å². The van der Waals surface area contributed by atoms with Gasteiger partial charge in [-0.3, -0.25) is 10.1 Å². The zero-order valence-corrected chi connectivity index (χ0v) is 18.7. The van der Waals surface area contributed by atoms with Gasteiger partial charge in [-0.15, -0.1) is 0 Å². The van der Waals surface area contributed by atoms with Crippen LogP contribution >= 0.6 is 0 Å². The molecule has 6 nitrogen and oxygen atoms in total. The summed E-state index contributed by atoms with van der Waals surface area (Å²) in [6.07, 6.45) is 11.4. The average Bonchev–Trinajstić information content (AvgIpc) is 3.60. The quantitative estimate of drug-likeness (QED) is 0.223. The minimum Gasteiger partial charge on any atom is -0.395 e. The van der Waals surface area contributed by atoms with Crippen LogP contribution in [0.25, 0.3) is 0 Å². The van der Waals surface area contributed by atoms with Crippen LogP contribution in [0.1, 0.15) is 68.4 Å². The summed E-state index contributed by atoms with van der Waals surface area (Å²) in [5, 5.41) is 10.8. The van der Waals surface area contributed by atoms with Crippen LogP contribution in [-0.2, 0) is 6.42 Å². The highest BCUT2D eigenvalue weighted by Gasteiger charge is 2.54. The second-order valence-corrected chi connectivity index (χ2v) is 10.5. The van der Waals surface area contributed by atoms with Gasteiger partial charge < -0.3 is 9.47 Å². The Bertz CT molecular complexity index is 1090. The molecule has 0 aliphatic heterocycles. The molecule has 2 bridgehead atoms. The van der Waals surface area contributed by atoms with Gasteiger partial charge in [0.05, 0.1) is 4.92 Å². The number of carbonyl (C=O) groups excluding carboxylic acids is 1. The number of nitrogens with zero attached hydrogens (tertiary/aromatic N) is 1. The summed E-state index contributed by atoms with van der Waals surface area (Å²) in [4.78, 5) is 22.5. The molecule has 3 saturated carbocycles. The molecular formula is C27H29NO5. The number of carbonyl (C=O) groups is 1. The maximum Gasteiger partial charge on any atom is 0.519 e. The van der Waals surface area contributed by atoms with Gasteiger partial charge in [-0.1, -0.05) is 6.07 Å². The summed E-state index contributed by atoms with van der Waals surface area (Å²) in [6.45, 7) is 0. The highest BCUT2D eigenvalue weighted by molar-refractivity contribution is 5.67. The summed E-state index contributed by atoms with van der Waals surface area (Å²) >= 11 is 0. The van der Waals surface area contributed by atoms with E-state index in [-0.39, 0.29) is 11.4 Å². The normalized spacial score (nSPS) is 28.7. The zero-order chi connectivity index (χ0) is 22.6. The van der Waals surface area contributed by atoms with E-state index in [1.54, 1.807) is 0 Å². The topological polar surface area (TPSA) is 78.7 Å². The third-order valence-electron chi connectivity index (χ3n) is 9.02. The van der Waals surface area contributed by atoms with Crippen molar-refractivity contribution in [3.8, 4) is 11.5 Å². The fourth-order valence-corrected chi connectivity index (χ4v) is 7.18. The van der Waals surface area contributed by atoms with Crippen molar-refractivity contribution in [3.05, 3.63) is 63.7 Å². The van der Waals surface area contributed by atoms with Crippen LogP contribution in [0.15, 0.2) is 42.5 Å². The number of hydrogen-bond donors (Lipinski definition) is 0. The third-order valence-corrected chi connectivity index (χ3v) is 9.02. The maximum atomic E-state index is 12.3. The Kier molecular flexibility index (Phi) is 4.93. The predicted octanol–water partition coefficient (Wildman–Crippen LogP) is 6.81. The summed E-state index contributed by atoms with van der Waals surface area (Å²) in [7, 11) is 0. The lowest BCUT2D eigenvalue weighted by molar-refractivity contribution is -0.384. The fourth-order valence-electron chi connectivity index (χ4n) is 7.18. The summed E-state index contributed by atoms with van der Waals surface area (Å²) in [5.41, 5.74) is 3.42. The van der Waals surface area contributed by atoms with E-state index in [0.29, 0.717) is 17.1 Å².